The van der Waals surface area contributed by atoms with E-state index < -0.39 is 0 Å². The highest BCUT2D eigenvalue weighted by atomic mass is 79.9. The summed E-state index contributed by atoms with van der Waals surface area (Å²) in [6, 6.07) is 12.4. The average Bonchev–Trinajstić information content (AvgIpc) is 2.68. The number of nitrogens with two attached hydrogens (primary N) is 1. The van der Waals surface area contributed by atoms with Gasteiger partial charge in [-0.3, -0.25) is 4.68 Å². The zero-order valence-corrected chi connectivity index (χ0v) is 12.0. The molecule has 0 radical (unpaired) electrons. The second kappa shape index (κ2) is 4.59. The molecule has 0 fully saturated rings. The molecule has 0 aliphatic heterocycles. The molecular formula is C14H13BrN4. The van der Waals surface area contributed by atoms with Crippen molar-refractivity contribution < 1.29 is 0 Å². The van der Waals surface area contributed by atoms with Gasteiger partial charge in [-0.15, -0.1) is 0 Å². The highest BCUT2D eigenvalue weighted by Gasteiger charge is 2.05. The van der Waals surface area contributed by atoms with Crippen LogP contribution >= 0.6 is 15.9 Å². The van der Waals surface area contributed by atoms with Gasteiger partial charge >= 0.3 is 0 Å². The molecule has 1 heterocycles. The largest absolute Gasteiger partial charge is 0.394 e. The van der Waals surface area contributed by atoms with Crippen LogP contribution in [0.5, 0.6) is 0 Å². The molecular weight excluding hydrogens is 304 g/mol. The predicted molar refractivity (Wildman–Crippen MR) is 82.6 cm³/mol. The van der Waals surface area contributed by atoms with E-state index in [0.29, 0.717) is 11.5 Å². The molecule has 3 rings (SSSR count). The third-order valence-corrected chi connectivity index (χ3v) is 3.42. The summed E-state index contributed by atoms with van der Waals surface area (Å²) in [4.78, 5) is 0. The molecule has 5 heteroatoms. The van der Waals surface area contributed by atoms with Crippen molar-refractivity contribution in [3.8, 4) is 0 Å². The highest BCUT2D eigenvalue weighted by Crippen LogP contribution is 2.26. The third kappa shape index (κ3) is 2.42. The third-order valence-electron chi connectivity index (χ3n) is 2.92. The number of benzene rings is 2. The maximum atomic E-state index is 5.87. The van der Waals surface area contributed by atoms with Crippen LogP contribution in [0, 0.1) is 0 Å². The number of aryl methyl sites for hydroxylation is 1. The van der Waals surface area contributed by atoms with E-state index in [-0.39, 0.29) is 0 Å². The Labute approximate surface area is 119 Å². The molecule has 0 spiro atoms. The number of nitrogens with one attached hydrogen (secondary N) is 1. The number of anilines is 3. The van der Waals surface area contributed by atoms with Crippen LogP contribution in [0.2, 0.25) is 0 Å². The monoisotopic (exact) mass is 316 g/mol. The molecule has 3 N–H and O–H groups in total. The van der Waals surface area contributed by atoms with Crippen LogP contribution in [0.15, 0.2) is 47.1 Å². The molecule has 0 saturated heterocycles. The fourth-order valence-corrected chi connectivity index (χ4v) is 2.41. The van der Waals surface area contributed by atoms with Gasteiger partial charge in [0.15, 0.2) is 5.82 Å². The van der Waals surface area contributed by atoms with Crippen LogP contribution < -0.4 is 11.1 Å². The van der Waals surface area contributed by atoms with Gasteiger partial charge in [-0.25, -0.2) is 0 Å². The Morgan fingerprint density at radius 2 is 1.89 bits per heavy atom. The molecule has 3 aromatic rings. The summed E-state index contributed by atoms with van der Waals surface area (Å²) in [5.41, 5.74) is 7.48. The van der Waals surface area contributed by atoms with Gasteiger partial charge < -0.3 is 11.1 Å². The minimum atomic E-state index is 0.637. The molecule has 1 aromatic heterocycles. The predicted octanol–water partition coefficient (Wildman–Crippen LogP) is 3.66. The number of hydrogen-bond donors (Lipinski definition) is 2. The number of aromatic nitrogens is 2. The SMILES string of the molecule is Cn1cc(N)c(Nc2ccc3cc(Br)ccc3c2)n1. The van der Waals surface area contributed by atoms with E-state index in [1.165, 1.54) is 10.8 Å². The number of nitrogens with zero attached hydrogens (tertiary/aromatic N) is 2. The van der Waals surface area contributed by atoms with Gasteiger partial charge in [0.25, 0.3) is 0 Å². The maximum Gasteiger partial charge on any atom is 0.175 e. The van der Waals surface area contributed by atoms with Crippen molar-refractivity contribution in [2.24, 2.45) is 7.05 Å². The quantitative estimate of drug-likeness (QED) is 0.758. The number of halogens is 1. The lowest BCUT2D eigenvalue weighted by atomic mass is 10.1. The number of rotatable bonds is 2. The van der Waals surface area contributed by atoms with Crippen LogP contribution in [0.1, 0.15) is 0 Å². The zero-order chi connectivity index (χ0) is 13.4. The minimum Gasteiger partial charge on any atom is -0.394 e. The molecule has 0 atom stereocenters. The summed E-state index contributed by atoms with van der Waals surface area (Å²) in [5.74, 6) is 0.680. The molecule has 0 aliphatic carbocycles. The average molecular weight is 317 g/mol. The first-order chi connectivity index (χ1) is 9.11. The number of nitrogen functional groups attached to an aromatic ring is 1. The Morgan fingerprint density at radius 1 is 1.16 bits per heavy atom. The molecule has 0 unspecified atom stereocenters. The smallest absolute Gasteiger partial charge is 0.175 e. The Hall–Kier alpha value is -2.01. The number of hydrogen-bond acceptors (Lipinski definition) is 3. The molecule has 0 aliphatic rings. The molecule has 0 bridgehead atoms. The van der Waals surface area contributed by atoms with Crippen LogP contribution in [0.25, 0.3) is 10.8 Å². The Balaban J connectivity index is 1.97. The number of fused-ring (bicyclic) bond motifs is 1. The molecule has 0 saturated carbocycles. The van der Waals surface area contributed by atoms with E-state index in [4.69, 9.17) is 5.73 Å². The molecule has 19 heavy (non-hydrogen) atoms. The first-order valence-corrected chi connectivity index (χ1v) is 6.66. The van der Waals surface area contributed by atoms with Gasteiger partial charge in [0.2, 0.25) is 0 Å². The lowest BCUT2D eigenvalue weighted by Gasteiger charge is -2.06. The van der Waals surface area contributed by atoms with Crippen molar-refractivity contribution in [3.63, 3.8) is 0 Å². The van der Waals surface area contributed by atoms with Crippen molar-refractivity contribution in [1.82, 2.24) is 9.78 Å². The standard InChI is InChI=1S/C14H13BrN4/c1-19-8-13(16)14(18-19)17-12-5-3-9-6-11(15)4-2-10(9)7-12/h2-8H,16H2,1H3,(H,17,18). The zero-order valence-electron chi connectivity index (χ0n) is 10.4. The van der Waals surface area contributed by atoms with E-state index >= 15 is 0 Å². The van der Waals surface area contributed by atoms with E-state index in [2.05, 4.69) is 50.6 Å². The van der Waals surface area contributed by atoms with Gasteiger partial charge in [-0.1, -0.05) is 28.1 Å². The fraction of sp³-hybridized carbons (Fsp3) is 0.0714. The summed E-state index contributed by atoms with van der Waals surface area (Å²) in [6.07, 6.45) is 1.78. The van der Waals surface area contributed by atoms with Crippen molar-refractivity contribution in [3.05, 3.63) is 47.1 Å². The van der Waals surface area contributed by atoms with E-state index in [1.807, 2.05) is 19.2 Å². The van der Waals surface area contributed by atoms with Gasteiger partial charge in [-0.2, -0.15) is 5.10 Å². The first kappa shape index (κ1) is 12.0. The maximum absolute atomic E-state index is 5.87. The van der Waals surface area contributed by atoms with Gasteiger partial charge in [0, 0.05) is 23.4 Å². The van der Waals surface area contributed by atoms with Gasteiger partial charge in [-0.05, 0) is 35.0 Å². The normalized spacial score (nSPS) is 10.8. The lowest BCUT2D eigenvalue weighted by molar-refractivity contribution is 0.771. The molecule has 0 amide bonds. The Bertz CT molecular complexity index is 748. The second-order valence-electron chi connectivity index (χ2n) is 4.44. The van der Waals surface area contributed by atoms with Crippen molar-refractivity contribution >= 4 is 43.9 Å². The second-order valence-corrected chi connectivity index (χ2v) is 5.35. The van der Waals surface area contributed by atoms with Crippen LogP contribution in [-0.4, -0.2) is 9.78 Å². The summed E-state index contributed by atoms with van der Waals surface area (Å²) >= 11 is 3.47. The summed E-state index contributed by atoms with van der Waals surface area (Å²) in [7, 11) is 1.85. The summed E-state index contributed by atoms with van der Waals surface area (Å²) in [5, 5.41) is 9.86. The minimum absolute atomic E-state index is 0.637. The van der Waals surface area contributed by atoms with Crippen LogP contribution in [0.4, 0.5) is 17.2 Å². The van der Waals surface area contributed by atoms with Gasteiger partial charge in [0.05, 0.1) is 5.69 Å². The molecule has 96 valence electrons. The van der Waals surface area contributed by atoms with E-state index in [9.17, 15) is 0 Å². The fourth-order valence-electron chi connectivity index (χ4n) is 2.04. The van der Waals surface area contributed by atoms with E-state index in [0.717, 1.165) is 10.2 Å². The topological polar surface area (TPSA) is 55.9 Å². The van der Waals surface area contributed by atoms with Crippen LogP contribution in [-0.2, 0) is 7.05 Å². The molecule has 4 nitrogen and oxygen atoms in total. The van der Waals surface area contributed by atoms with Crippen molar-refractivity contribution in [1.29, 1.82) is 0 Å². The lowest BCUT2D eigenvalue weighted by Crippen LogP contribution is -1.95. The summed E-state index contributed by atoms with van der Waals surface area (Å²) in [6.45, 7) is 0. The van der Waals surface area contributed by atoms with Crippen LogP contribution in [0.3, 0.4) is 0 Å². The highest BCUT2D eigenvalue weighted by molar-refractivity contribution is 9.10. The van der Waals surface area contributed by atoms with E-state index in [1.54, 1.807) is 10.9 Å². The van der Waals surface area contributed by atoms with Gasteiger partial charge in [0.1, 0.15) is 0 Å². The summed E-state index contributed by atoms with van der Waals surface area (Å²) < 4.78 is 2.77. The Morgan fingerprint density at radius 3 is 2.63 bits per heavy atom. The molecule has 2 aromatic carbocycles. The van der Waals surface area contributed by atoms with Crippen molar-refractivity contribution in [2.75, 3.05) is 11.1 Å². The Kier molecular flexibility index (Phi) is 2.91. The first-order valence-electron chi connectivity index (χ1n) is 5.87. The van der Waals surface area contributed by atoms with Crippen molar-refractivity contribution in [2.45, 2.75) is 0 Å².